The first kappa shape index (κ1) is 18.8. The van der Waals surface area contributed by atoms with Gasteiger partial charge in [-0.15, -0.1) is 10.2 Å². The van der Waals surface area contributed by atoms with Crippen molar-refractivity contribution in [1.82, 2.24) is 14.8 Å². The topological polar surface area (TPSA) is 47.8 Å². The summed E-state index contributed by atoms with van der Waals surface area (Å²) in [5.41, 5.74) is 3.63. The molecule has 3 rings (SSSR count). The quantitative estimate of drug-likeness (QED) is 0.664. The number of Topliss-reactive ketones (excluding diaryl/α,β-unsaturated/α-hetero) is 1. The Balaban J connectivity index is 1.62. The number of ketones is 1. The van der Waals surface area contributed by atoms with Crippen molar-refractivity contribution >= 4 is 5.78 Å². The summed E-state index contributed by atoms with van der Waals surface area (Å²) in [6, 6.07) is 6.77. The summed E-state index contributed by atoms with van der Waals surface area (Å²) >= 11 is 0. The third kappa shape index (κ3) is 4.60. The van der Waals surface area contributed by atoms with E-state index in [2.05, 4.69) is 54.6 Å². The Bertz CT molecular complexity index is 772. The van der Waals surface area contributed by atoms with Crippen molar-refractivity contribution in [3.05, 3.63) is 46.5 Å². The highest BCUT2D eigenvalue weighted by atomic mass is 16.1. The first-order chi connectivity index (χ1) is 12.5. The summed E-state index contributed by atoms with van der Waals surface area (Å²) in [4.78, 5) is 12.5. The lowest BCUT2D eigenvalue weighted by molar-refractivity contribution is -0.118. The van der Waals surface area contributed by atoms with Gasteiger partial charge < -0.3 is 4.57 Å². The zero-order chi connectivity index (χ0) is 18.7. The van der Waals surface area contributed by atoms with Crippen molar-refractivity contribution in [2.75, 3.05) is 0 Å². The lowest BCUT2D eigenvalue weighted by Crippen LogP contribution is -2.11. The summed E-state index contributed by atoms with van der Waals surface area (Å²) in [7, 11) is 0. The standard InChI is InChI=1S/C22H31N3O/c1-15(2)8-12-21-23-24-22(25(21)19-9-10-19)13-11-20(26)14-18-7-5-6-16(3)17(18)4/h5-7,15,19H,8-14H2,1-4H3. The molecule has 140 valence electrons. The maximum Gasteiger partial charge on any atom is 0.137 e. The molecule has 1 aromatic carbocycles. The van der Waals surface area contributed by atoms with Gasteiger partial charge in [-0.1, -0.05) is 32.0 Å². The molecule has 1 aliphatic carbocycles. The van der Waals surface area contributed by atoms with Crippen LogP contribution < -0.4 is 0 Å². The Morgan fingerprint density at radius 2 is 1.85 bits per heavy atom. The van der Waals surface area contributed by atoms with Crippen LogP contribution in [0.1, 0.15) is 73.9 Å². The van der Waals surface area contributed by atoms with Gasteiger partial charge in [0.2, 0.25) is 0 Å². The minimum Gasteiger partial charge on any atom is -0.312 e. The number of rotatable bonds is 9. The maximum absolute atomic E-state index is 12.5. The zero-order valence-electron chi connectivity index (χ0n) is 16.6. The molecule has 4 heteroatoms. The summed E-state index contributed by atoms with van der Waals surface area (Å²) in [6.45, 7) is 8.68. The number of benzene rings is 1. The predicted molar refractivity (Wildman–Crippen MR) is 104 cm³/mol. The molecule has 0 saturated heterocycles. The van der Waals surface area contributed by atoms with E-state index in [-0.39, 0.29) is 5.78 Å². The number of nitrogens with zero attached hydrogens (tertiary/aromatic N) is 3. The number of hydrogen-bond acceptors (Lipinski definition) is 3. The van der Waals surface area contributed by atoms with Crippen LogP contribution in [0.5, 0.6) is 0 Å². The molecule has 1 aliphatic rings. The normalized spacial score (nSPS) is 14.2. The SMILES string of the molecule is Cc1cccc(CC(=O)CCc2nnc(CCC(C)C)n2C2CC2)c1C. The first-order valence-corrected chi connectivity index (χ1v) is 9.95. The van der Waals surface area contributed by atoms with E-state index in [4.69, 9.17) is 0 Å². The van der Waals surface area contributed by atoms with E-state index in [1.807, 2.05) is 6.07 Å². The molecule has 0 bridgehead atoms. The van der Waals surface area contributed by atoms with Crippen molar-refractivity contribution < 1.29 is 4.79 Å². The number of carbonyl (C=O) groups is 1. The van der Waals surface area contributed by atoms with Crippen LogP contribution in [0.25, 0.3) is 0 Å². The second-order valence-corrected chi connectivity index (χ2v) is 8.14. The van der Waals surface area contributed by atoms with Crippen molar-refractivity contribution in [2.24, 2.45) is 5.92 Å². The Morgan fingerprint density at radius 3 is 2.50 bits per heavy atom. The van der Waals surface area contributed by atoms with Crippen LogP contribution in [0.15, 0.2) is 18.2 Å². The van der Waals surface area contributed by atoms with Gasteiger partial charge >= 0.3 is 0 Å². The van der Waals surface area contributed by atoms with Gasteiger partial charge in [0, 0.05) is 31.7 Å². The summed E-state index contributed by atoms with van der Waals surface area (Å²) in [6.07, 6.45) is 6.32. The zero-order valence-corrected chi connectivity index (χ0v) is 16.6. The number of hydrogen-bond donors (Lipinski definition) is 0. The molecule has 0 aliphatic heterocycles. The van der Waals surface area contributed by atoms with E-state index in [1.54, 1.807) is 0 Å². The van der Waals surface area contributed by atoms with Gasteiger partial charge in [-0.3, -0.25) is 4.79 Å². The fourth-order valence-corrected chi connectivity index (χ4v) is 3.43. The largest absolute Gasteiger partial charge is 0.312 e. The molecular weight excluding hydrogens is 322 g/mol. The van der Waals surface area contributed by atoms with Crippen LogP contribution >= 0.6 is 0 Å². The molecule has 1 saturated carbocycles. The highest BCUT2D eigenvalue weighted by molar-refractivity contribution is 5.81. The van der Waals surface area contributed by atoms with E-state index in [9.17, 15) is 4.79 Å². The number of carbonyl (C=O) groups excluding carboxylic acids is 1. The third-order valence-electron chi connectivity index (χ3n) is 5.43. The van der Waals surface area contributed by atoms with Gasteiger partial charge in [0.1, 0.15) is 17.4 Å². The maximum atomic E-state index is 12.5. The second kappa shape index (κ2) is 8.15. The first-order valence-electron chi connectivity index (χ1n) is 9.95. The molecule has 0 amide bonds. The van der Waals surface area contributed by atoms with Gasteiger partial charge in [-0.2, -0.15) is 0 Å². The lowest BCUT2D eigenvalue weighted by atomic mass is 9.98. The lowest BCUT2D eigenvalue weighted by Gasteiger charge is -2.10. The average Bonchev–Trinajstić information content (AvgIpc) is 3.35. The van der Waals surface area contributed by atoms with Gasteiger partial charge in [0.15, 0.2) is 0 Å². The average molecular weight is 354 g/mol. The van der Waals surface area contributed by atoms with Crippen LogP contribution in [0.2, 0.25) is 0 Å². The van der Waals surface area contributed by atoms with Crippen molar-refractivity contribution in [3.63, 3.8) is 0 Å². The summed E-state index contributed by atoms with van der Waals surface area (Å²) in [5, 5.41) is 8.87. The third-order valence-corrected chi connectivity index (χ3v) is 5.43. The molecule has 0 unspecified atom stereocenters. The van der Waals surface area contributed by atoms with Gasteiger partial charge in [0.25, 0.3) is 0 Å². The van der Waals surface area contributed by atoms with Crippen LogP contribution in [0.3, 0.4) is 0 Å². The highest BCUT2D eigenvalue weighted by Gasteiger charge is 2.29. The minimum atomic E-state index is 0.285. The van der Waals surface area contributed by atoms with Crippen molar-refractivity contribution in [2.45, 2.75) is 78.7 Å². The monoisotopic (exact) mass is 353 g/mol. The molecular formula is C22H31N3O. The molecule has 4 nitrogen and oxygen atoms in total. The smallest absolute Gasteiger partial charge is 0.137 e. The van der Waals surface area contributed by atoms with Gasteiger partial charge in [0.05, 0.1) is 0 Å². The fraction of sp³-hybridized carbons (Fsp3) is 0.591. The van der Waals surface area contributed by atoms with Crippen LogP contribution in [-0.2, 0) is 24.1 Å². The van der Waals surface area contributed by atoms with Crippen LogP contribution in [0.4, 0.5) is 0 Å². The molecule has 26 heavy (non-hydrogen) atoms. The number of aromatic nitrogens is 3. The van der Waals surface area contributed by atoms with E-state index >= 15 is 0 Å². The summed E-state index contributed by atoms with van der Waals surface area (Å²) in [5.74, 6) is 3.06. The molecule has 1 aromatic heterocycles. The predicted octanol–water partition coefficient (Wildman–Crippen LogP) is 4.56. The van der Waals surface area contributed by atoms with E-state index in [1.165, 1.54) is 24.0 Å². The molecule has 1 heterocycles. The van der Waals surface area contributed by atoms with E-state index in [0.29, 0.717) is 31.2 Å². The van der Waals surface area contributed by atoms with Gasteiger partial charge in [-0.25, -0.2) is 0 Å². The van der Waals surface area contributed by atoms with E-state index < -0.39 is 0 Å². The minimum absolute atomic E-state index is 0.285. The molecule has 2 aromatic rings. The molecule has 0 atom stereocenters. The van der Waals surface area contributed by atoms with Crippen LogP contribution in [0, 0.1) is 19.8 Å². The van der Waals surface area contributed by atoms with Crippen molar-refractivity contribution in [3.8, 4) is 0 Å². The number of aryl methyl sites for hydroxylation is 3. The second-order valence-electron chi connectivity index (χ2n) is 8.14. The highest BCUT2D eigenvalue weighted by Crippen LogP contribution is 2.37. The Morgan fingerprint density at radius 1 is 1.15 bits per heavy atom. The molecule has 0 spiro atoms. The Kier molecular flexibility index (Phi) is 5.90. The Hall–Kier alpha value is -1.97. The fourth-order valence-electron chi connectivity index (χ4n) is 3.43. The van der Waals surface area contributed by atoms with Crippen LogP contribution in [-0.4, -0.2) is 20.5 Å². The summed E-state index contributed by atoms with van der Waals surface area (Å²) < 4.78 is 2.33. The molecule has 0 radical (unpaired) electrons. The van der Waals surface area contributed by atoms with E-state index in [0.717, 1.165) is 30.1 Å². The van der Waals surface area contributed by atoms with Crippen molar-refractivity contribution in [1.29, 1.82) is 0 Å². The molecule has 0 N–H and O–H groups in total. The Labute approximate surface area is 157 Å². The van der Waals surface area contributed by atoms with Gasteiger partial charge in [-0.05, 0) is 55.7 Å². The molecule has 1 fully saturated rings.